The zero-order valence-corrected chi connectivity index (χ0v) is 14.1. The number of nitrogens with two attached hydrogens (primary N) is 1. The van der Waals surface area contributed by atoms with Gasteiger partial charge in [0.2, 0.25) is 0 Å². The first-order valence-corrected chi connectivity index (χ1v) is 7.59. The summed E-state index contributed by atoms with van der Waals surface area (Å²) in [5.41, 5.74) is 6.68. The molecule has 0 unspecified atom stereocenters. The van der Waals surface area contributed by atoms with E-state index in [0.717, 1.165) is 12.1 Å². The number of rotatable bonds is 3. The molecule has 5 nitrogen and oxygen atoms in total. The highest BCUT2D eigenvalue weighted by molar-refractivity contribution is 6.31. The van der Waals surface area contributed by atoms with Gasteiger partial charge in [0.05, 0.1) is 11.1 Å². The number of benzene rings is 1. The van der Waals surface area contributed by atoms with Gasteiger partial charge >= 0.3 is 0 Å². The number of carbonyl (C=O) groups excluding carboxylic acids is 1. The predicted octanol–water partition coefficient (Wildman–Crippen LogP) is 1.69. The minimum absolute atomic E-state index is 0.0451. The Balaban J connectivity index is 2.08. The molecule has 6 heteroatoms. The fourth-order valence-electron chi connectivity index (χ4n) is 3.07. The van der Waals surface area contributed by atoms with Crippen molar-refractivity contribution in [2.24, 2.45) is 0 Å². The lowest BCUT2D eigenvalue weighted by Gasteiger charge is -2.37. The summed E-state index contributed by atoms with van der Waals surface area (Å²) in [5.74, 6) is -0.526. The summed E-state index contributed by atoms with van der Waals surface area (Å²) in [7, 11) is 0. The molecular formula is C16H23ClN3O2+. The van der Waals surface area contributed by atoms with Crippen molar-refractivity contribution < 1.29 is 15.2 Å². The lowest BCUT2D eigenvalue weighted by atomic mass is 9.86. The zero-order chi connectivity index (χ0) is 16.5. The second kappa shape index (κ2) is 5.82. The Hall–Kier alpha value is -1.72. The summed E-state index contributed by atoms with van der Waals surface area (Å²) in [6.07, 6.45) is 2.90. The quantitative estimate of drug-likeness (QED) is 0.639. The number of hydrogen-bond acceptors (Lipinski definition) is 3. The monoisotopic (exact) mass is 324 g/mol. The van der Waals surface area contributed by atoms with Crippen molar-refractivity contribution in [3.63, 3.8) is 0 Å². The standard InChI is InChI=1S/C16H22ClN3O2/c1-15(2)8-11(9-16(3,4)20-15)18-19-14(22)12-7-10(17)5-6-13(12)21/h5-8,18,20-21H,9H2,1-4H3,(H,19,22)/p+1. The fourth-order valence-corrected chi connectivity index (χ4v) is 3.24. The van der Waals surface area contributed by atoms with E-state index in [1.807, 2.05) is 0 Å². The van der Waals surface area contributed by atoms with E-state index in [9.17, 15) is 9.90 Å². The van der Waals surface area contributed by atoms with Crippen molar-refractivity contribution in [3.05, 3.63) is 40.6 Å². The molecule has 0 fully saturated rings. The molecule has 0 atom stereocenters. The Morgan fingerprint density at radius 3 is 2.64 bits per heavy atom. The third-order valence-corrected chi connectivity index (χ3v) is 3.73. The molecular weight excluding hydrogens is 302 g/mol. The van der Waals surface area contributed by atoms with Gasteiger partial charge in [-0.25, -0.2) is 0 Å². The number of hydrazine groups is 1. The van der Waals surface area contributed by atoms with Crippen molar-refractivity contribution in [2.75, 3.05) is 0 Å². The third kappa shape index (κ3) is 4.15. The Morgan fingerprint density at radius 2 is 2.00 bits per heavy atom. The van der Waals surface area contributed by atoms with Crippen LogP contribution in [-0.4, -0.2) is 22.1 Å². The smallest absolute Gasteiger partial charge is 0.273 e. The number of aromatic hydroxyl groups is 1. The van der Waals surface area contributed by atoms with E-state index in [0.29, 0.717) is 5.02 Å². The number of amides is 1. The summed E-state index contributed by atoms with van der Waals surface area (Å²) in [6.45, 7) is 8.57. The van der Waals surface area contributed by atoms with Crippen molar-refractivity contribution in [1.82, 2.24) is 10.9 Å². The maximum absolute atomic E-state index is 12.2. The van der Waals surface area contributed by atoms with Gasteiger partial charge in [0.25, 0.3) is 5.91 Å². The molecule has 0 aromatic heterocycles. The minimum atomic E-state index is -0.425. The molecule has 1 aliphatic rings. The molecule has 1 aliphatic heterocycles. The molecule has 1 aromatic rings. The van der Waals surface area contributed by atoms with Crippen molar-refractivity contribution in [3.8, 4) is 5.75 Å². The van der Waals surface area contributed by atoms with E-state index >= 15 is 0 Å². The van der Waals surface area contributed by atoms with E-state index in [1.165, 1.54) is 18.2 Å². The van der Waals surface area contributed by atoms with E-state index in [1.54, 1.807) is 0 Å². The summed E-state index contributed by atoms with van der Waals surface area (Å²) < 4.78 is 0. The van der Waals surface area contributed by atoms with Gasteiger partial charge in [-0.1, -0.05) is 11.6 Å². The van der Waals surface area contributed by atoms with Crippen LogP contribution in [0.3, 0.4) is 0 Å². The summed E-state index contributed by atoms with van der Waals surface area (Å²) >= 11 is 5.86. The van der Waals surface area contributed by atoms with Gasteiger partial charge < -0.3 is 15.8 Å². The van der Waals surface area contributed by atoms with Gasteiger partial charge in [0.15, 0.2) is 0 Å². The normalized spacial score (nSPS) is 19.2. The Morgan fingerprint density at radius 1 is 1.32 bits per heavy atom. The van der Waals surface area contributed by atoms with E-state index in [4.69, 9.17) is 11.6 Å². The van der Waals surface area contributed by atoms with Crippen molar-refractivity contribution >= 4 is 17.5 Å². The van der Waals surface area contributed by atoms with Crippen LogP contribution in [0.5, 0.6) is 5.75 Å². The van der Waals surface area contributed by atoms with Crippen molar-refractivity contribution in [1.29, 1.82) is 0 Å². The minimum Gasteiger partial charge on any atom is -0.507 e. The zero-order valence-electron chi connectivity index (χ0n) is 13.3. The lowest BCUT2D eigenvalue weighted by Crippen LogP contribution is -3.04. The van der Waals surface area contributed by atoms with Gasteiger partial charge in [-0.2, -0.15) is 0 Å². The lowest BCUT2D eigenvalue weighted by molar-refractivity contribution is -0.771. The molecule has 1 heterocycles. The summed E-state index contributed by atoms with van der Waals surface area (Å²) in [5, 5.41) is 12.4. The average molecular weight is 325 g/mol. The number of hydrogen-bond donors (Lipinski definition) is 4. The van der Waals surface area contributed by atoms with Crippen LogP contribution in [0.2, 0.25) is 5.02 Å². The maximum Gasteiger partial charge on any atom is 0.273 e. The first kappa shape index (κ1) is 16.6. The van der Waals surface area contributed by atoms with E-state index in [2.05, 4.69) is 49.9 Å². The number of halogens is 1. The molecule has 0 radical (unpaired) electrons. The van der Waals surface area contributed by atoms with Gasteiger partial charge in [-0.3, -0.25) is 10.2 Å². The molecule has 5 N–H and O–H groups in total. The number of nitrogens with one attached hydrogen (secondary N) is 2. The number of quaternary nitrogens is 1. The average Bonchev–Trinajstić information content (AvgIpc) is 2.35. The second-order valence-electron chi connectivity index (χ2n) is 7.04. The first-order valence-electron chi connectivity index (χ1n) is 7.22. The summed E-state index contributed by atoms with van der Waals surface area (Å²) in [4.78, 5) is 12.2. The topological polar surface area (TPSA) is 78.0 Å². The van der Waals surface area contributed by atoms with Crippen LogP contribution in [0.15, 0.2) is 30.0 Å². The third-order valence-electron chi connectivity index (χ3n) is 3.49. The van der Waals surface area contributed by atoms with E-state index < -0.39 is 5.91 Å². The highest BCUT2D eigenvalue weighted by atomic mass is 35.5. The maximum atomic E-state index is 12.2. The molecule has 0 spiro atoms. The number of phenolic OH excluding ortho intramolecular Hbond substituents is 1. The van der Waals surface area contributed by atoms with Crippen LogP contribution in [0, 0.1) is 0 Å². The number of phenols is 1. The van der Waals surface area contributed by atoms with Crippen LogP contribution in [-0.2, 0) is 0 Å². The largest absolute Gasteiger partial charge is 0.507 e. The highest BCUT2D eigenvalue weighted by Crippen LogP contribution is 2.22. The van der Waals surface area contributed by atoms with Gasteiger partial charge in [-0.15, -0.1) is 0 Å². The Kier molecular flexibility index (Phi) is 4.40. The Bertz CT molecular complexity index is 624. The molecule has 0 saturated heterocycles. The molecule has 1 aromatic carbocycles. The molecule has 2 rings (SSSR count). The molecule has 1 amide bonds. The molecule has 0 bridgehead atoms. The van der Waals surface area contributed by atoms with Crippen LogP contribution < -0.4 is 16.2 Å². The molecule has 120 valence electrons. The van der Waals surface area contributed by atoms with Gasteiger partial charge in [0.1, 0.15) is 11.3 Å². The van der Waals surface area contributed by atoms with Crippen molar-refractivity contribution in [2.45, 2.75) is 45.2 Å². The van der Waals surface area contributed by atoms with Crippen LogP contribution in [0.1, 0.15) is 44.5 Å². The predicted molar refractivity (Wildman–Crippen MR) is 86.5 cm³/mol. The second-order valence-corrected chi connectivity index (χ2v) is 7.48. The number of carbonyl (C=O) groups is 1. The first-order chi connectivity index (χ1) is 10.1. The Labute approximate surface area is 135 Å². The van der Waals surface area contributed by atoms with Crippen LogP contribution in [0.25, 0.3) is 0 Å². The van der Waals surface area contributed by atoms with Gasteiger partial charge in [0, 0.05) is 17.1 Å². The van der Waals surface area contributed by atoms with E-state index in [-0.39, 0.29) is 22.4 Å². The highest BCUT2D eigenvalue weighted by Gasteiger charge is 2.36. The SMILES string of the molecule is CC1(C)C=C(NNC(=O)c2cc(Cl)ccc2O)CC(C)(C)[NH2+]1. The molecule has 22 heavy (non-hydrogen) atoms. The molecule has 0 aliphatic carbocycles. The van der Waals surface area contributed by atoms with Crippen LogP contribution in [0.4, 0.5) is 0 Å². The molecule has 0 saturated carbocycles. The van der Waals surface area contributed by atoms with Gasteiger partial charge in [-0.05, 0) is 52.0 Å². The van der Waals surface area contributed by atoms with Crippen LogP contribution >= 0.6 is 11.6 Å². The fraction of sp³-hybridized carbons (Fsp3) is 0.438. The summed E-state index contributed by atoms with van der Waals surface area (Å²) in [6, 6.07) is 4.37.